The topological polar surface area (TPSA) is 9.23 Å². The Morgan fingerprint density at radius 2 is 2.12 bits per heavy atom. The molecule has 0 N–H and O–H groups in total. The highest BCUT2D eigenvalue weighted by Crippen LogP contribution is 2.44. The molecular weight excluding hydrogens is 210 g/mol. The van der Waals surface area contributed by atoms with Gasteiger partial charge >= 0.3 is 0 Å². The van der Waals surface area contributed by atoms with Crippen LogP contribution < -0.4 is 4.74 Å². The molecule has 1 aromatic rings. The molecule has 1 unspecified atom stereocenters. The van der Waals surface area contributed by atoms with Gasteiger partial charge in [-0.3, -0.25) is 0 Å². The number of ether oxygens (including phenoxy) is 1. The molecule has 0 heterocycles. The van der Waals surface area contributed by atoms with E-state index in [-0.39, 0.29) is 18.8 Å². The molecule has 1 fully saturated rings. The van der Waals surface area contributed by atoms with E-state index in [0.29, 0.717) is 6.42 Å². The highest BCUT2D eigenvalue weighted by atomic mass is 19.3. The zero-order chi connectivity index (χ0) is 11.8. The number of halogens is 2. The molecule has 2 rings (SSSR count). The van der Waals surface area contributed by atoms with Crippen molar-refractivity contribution >= 4 is 0 Å². The average Bonchev–Trinajstić information content (AvgIpc) is 2.59. The zero-order valence-electron chi connectivity index (χ0n) is 9.59. The van der Waals surface area contributed by atoms with Crippen molar-refractivity contribution in [2.45, 2.75) is 38.0 Å². The van der Waals surface area contributed by atoms with E-state index in [4.69, 9.17) is 4.74 Å². The minimum Gasteiger partial charge on any atom is -0.496 e. The maximum atomic E-state index is 13.1. The van der Waals surface area contributed by atoms with Gasteiger partial charge in [-0.2, -0.15) is 0 Å². The first-order valence-electron chi connectivity index (χ1n) is 5.54. The largest absolute Gasteiger partial charge is 0.496 e. The second-order valence-electron chi connectivity index (χ2n) is 4.52. The average molecular weight is 226 g/mol. The molecule has 1 saturated carbocycles. The smallest absolute Gasteiger partial charge is 0.248 e. The molecule has 0 spiro atoms. The van der Waals surface area contributed by atoms with Crippen LogP contribution in [0, 0.1) is 6.92 Å². The van der Waals surface area contributed by atoms with Gasteiger partial charge in [0.1, 0.15) is 5.75 Å². The molecule has 88 valence electrons. The van der Waals surface area contributed by atoms with Crippen molar-refractivity contribution in [1.29, 1.82) is 0 Å². The lowest BCUT2D eigenvalue weighted by Crippen LogP contribution is -2.09. The molecule has 1 aliphatic rings. The molecule has 3 heteroatoms. The number of rotatable bonds is 2. The van der Waals surface area contributed by atoms with Gasteiger partial charge in [0.05, 0.1) is 7.11 Å². The highest BCUT2D eigenvalue weighted by Gasteiger charge is 2.39. The minimum absolute atomic E-state index is 0.000365. The van der Waals surface area contributed by atoms with E-state index in [1.54, 1.807) is 7.11 Å². The summed E-state index contributed by atoms with van der Waals surface area (Å²) < 4.78 is 31.4. The molecule has 0 aromatic heterocycles. The van der Waals surface area contributed by atoms with Crippen LogP contribution in [0.4, 0.5) is 8.78 Å². The van der Waals surface area contributed by atoms with Gasteiger partial charge in [0.2, 0.25) is 5.92 Å². The summed E-state index contributed by atoms with van der Waals surface area (Å²) >= 11 is 0. The molecule has 0 saturated heterocycles. The summed E-state index contributed by atoms with van der Waals surface area (Å²) in [5, 5.41) is 0. The lowest BCUT2D eigenvalue weighted by atomic mass is 9.96. The van der Waals surface area contributed by atoms with Crippen molar-refractivity contribution in [2.24, 2.45) is 0 Å². The number of hydrogen-bond donors (Lipinski definition) is 0. The third-order valence-electron chi connectivity index (χ3n) is 3.29. The van der Waals surface area contributed by atoms with Crippen LogP contribution in [0.15, 0.2) is 18.2 Å². The van der Waals surface area contributed by atoms with Gasteiger partial charge in [0.15, 0.2) is 0 Å². The summed E-state index contributed by atoms with van der Waals surface area (Å²) in [6, 6.07) is 5.73. The molecular formula is C13H16F2O. The number of hydrogen-bond acceptors (Lipinski definition) is 1. The summed E-state index contributed by atoms with van der Waals surface area (Å²) in [4.78, 5) is 0. The van der Waals surface area contributed by atoms with Crippen LogP contribution in [0.1, 0.15) is 36.3 Å². The van der Waals surface area contributed by atoms with Crippen LogP contribution in [-0.2, 0) is 0 Å². The second kappa shape index (κ2) is 4.04. The van der Waals surface area contributed by atoms with Crippen molar-refractivity contribution < 1.29 is 13.5 Å². The van der Waals surface area contributed by atoms with Crippen molar-refractivity contribution in [1.82, 2.24) is 0 Å². The van der Waals surface area contributed by atoms with Crippen molar-refractivity contribution in [3.63, 3.8) is 0 Å². The van der Waals surface area contributed by atoms with E-state index < -0.39 is 5.92 Å². The molecule has 0 radical (unpaired) electrons. The molecule has 1 aliphatic carbocycles. The summed E-state index contributed by atoms with van der Waals surface area (Å²) in [5.74, 6) is -1.66. The normalized spacial score (nSPS) is 23.4. The van der Waals surface area contributed by atoms with E-state index in [1.165, 1.54) is 0 Å². The predicted octanol–water partition coefficient (Wildman–Crippen LogP) is 3.91. The van der Waals surface area contributed by atoms with Crippen LogP contribution in [0.25, 0.3) is 0 Å². The van der Waals surface area contributed by atoms with E-state index >= 15 is 0 Å². The van der Waals surface area contributed by atoms with Gasteiger partial charge in [-0.25, -0.2) is 8.78 Å². The van der Waals surface area contributed by atoms with Crippen LogP contribution in [0.3, 0.4) is 0 Å². The number of alkyl halides is 2. The Hall–Kier alpha value is -1.12. The molecule has 0 bridgehead atoms. The third-order valence-corrected chi connectivity index (χ3v) is 3.29. The van der Waals surface area contributed by atoms with Crippen LogP contribution in [0.5, 0.6) is 5.75 Å². The van der Waals surface area contributed by atoms with Crippen LogP contribution >= 0.6 is 0 Å². The van der Waals surface area contributed by atoms with Gasteiger partial charge in [-0.1, -0.05) is 12.1 Å². The first kappa shape index (κ1) is 11.4. The molecule has 16 heavy (non-hydrogen) atoms. The van der Waals surface area contributed by atoms with Gasteiger partial charge in [-0.15, -0.1) is 0 Å². The fourth-order valence-corrected chi connectivity index (χ4v) is 2.39. The fourth-order valence-electron chi connectivity index (χ4n) is 2.39. The maximum Gasteiger partial charge on any atom is 0.248 e. The van der Waals surface area contributed by atoms with Gasteiger partial charge < -0.3 is 4.74 Å². The first-order valence-corrected chi connectivity index (χ1v) is 5.54. The van der Waals surface area contributed by atoms with Gasteiger partial charge in [-0.05, 0) is 36.5 Å². The Morgan fingerprint density at radius 1 is 1.38 bits per heavy atom. The third kappa shape index (κ3) is 2.18. The van der Waals surface area contributed by atoms with Crippen molar-refractivity contribution in [3.05, 3.63) is 29.3 Å². The minimum atomic E-state index is -2.47. The van der Waals surface area contributed by atoms with Gasteiger partial charge in [0, 0.05) is 12.8 Å². The standard InChI is InChI=1S/C13H16F2O/c1-9-7-10(3-4-12(9)16-2)11-5-6-13(14,15)8-11/h3-4,7,11H,5-6,8H2,1-2H3. The monoisotopic (exact) mass is 226 g/mol. The lowest BCUT2D eigenvalue weighted by Gasteiger charge is -2.13. The second-order valence-corrected chi connectivity index (χ2v) is 4.52. The Morgan fingerprint density at radius 3 is 2.62 bits per heavy atom. The molecule has 1 aromatic carbocycles. The Kier molecular flexibility index (Phi) is 2.87. The van der Waals surface area contributed by atoms with E-state index in [2.05, 4.69) is 0 Å². The maximum absolute atomic E-state index is 13.1. The number of benzene rings is 1. The predicted molar refractivity (Wildman–Crippen MR) is 59.3 cm³/mol. The fraction of sp³-hybridized carbons (Fsp3) is 0.538. The summed E-state index contributed by atoms with van der Waals surface area (Å²) in [6.07, 6.45) is 0.584. The molecule has 0 aliphatic heterocycles. The van der Waals surface area contributed by atoms with Crippen molar-refractivity contribution in [2.75, 3.05) is 7.11 Å². The summed E-state index contributed by atoms with van der Waals surface area (Å²) in [7, 11) is 1.62. The zero-order valence-corrected chi connectivity index (χ0v) is 9.59. The van der Waals surface area contributed by atoms with Crippen LogP contribution in [-0.4, -0.2) is 13.0 Å². The first-order chi connectivity index (χ1) is 7.52. The van der Waals surface area contributed by atoms with Crippen molar-refractivity contribution in [3.8, 4) is 5.75 Å². The Labute approximate surface area is 94.4 Å². The number of aryl methyl sites for hydroxylation is 1. The van der Waals surface area contributed by atoms with Crippen LogP contribution in [0.2, 0.25) is 0 Å². The molecule has 0 amide bonds. The van der Waals surface area contributed by atoms with Gasteiger partial charge in [0.25, 0.3) is 0 Å². The summed E-state index contributed by atoms with van der Waals surface area (Å²) in [6.45, 7) is 1.94. The van der Waals surface area contributed by atoms with E-state index in [0.717, 1.165) is 16.9 Å². The Balaban J connectivity index is 2.20. The SMILES string of the molecule is COc1ccc(C2CCC(F)(F)C2)cc1C. The molecule has 1 atom stereocenters. The Bertz CT molecular complexity index is 388. The lowest BCUT2D eigenvalue weighted by molar-refractivity contribution is 0.00776. The highest BCUT2D eigenvalue weighted by molar-refractivity contribution is 5.38. The quantitative estimate of drug-likeness (QED) is 0.743. The number of methoxy groups -OCH3 is 1. The van der Waals surface area contributed by atoms with E-state index in [1.807, 2.05) is 25.1 Å². The summed E-state index contributed by atoms with van der Waals surface area (Å²) in [5.41, 5.74) is 2.02. The molecule has 1 nitrogen and oxygen atoms in total. The van der Waals surface area contributed by atoms with E-state index in [9.17, 15) is 8.78 Å².